The van der Waals surface area contributed by atoms with Crippen LogP contribution in [-0.2, 0) is 14.4 Å². The van der Waals surface area contributed by atoms with Crippen molar-refractivity contribution >= 4 is 23.6 Å². The molecule has 0 saturated heterocycles. The van der Waals surface area contributed by atoms with Crippen LogP contribution in [0.5, 0.6) is 17.2 Å². The minimum Gasteiger partial charge on any atom is -0.493 e. The van der Waals surface area contributed by atoms with Crippen molar-refractivity contribution in [3.05, 3.63) is 54.1 Å². The minimum absolute atomic E-state index is 0.115. The highest BCUT2D eigenvalue weighted by Crippen LogP contribution is 2.26. The number of nitrogens with zero attached hydrogens (tertiary/aromatic N) is 2. The molecular weight excluding hydrogens is 576 g/mol. The standard InChI is InChI=1S/C34H48N4O7/c1-22(2)18-24-21-45-28-13-9-8-12-25(28)32(40)36-27(20-31(39)35-26(19-23(3)4)34(42)38(24)6)33(41)37(5)16-17-44-30-15-11-10-14-29(30)43-7/h8-15,22-24,26-27H,16-21H2,1-7H3,(H,35,39)(H,36,40)/t24-,26+,27+/m1/s1. The van der Waals surface area contributed by atoms with Crippen molar-refractivity contribution in [1.82, 2.24) is 20.4 Å². The fourth-order valence-corrected chi connectivity index (χ4v) is 5.25. The summed E-state index contributed by atoms with van der Waals surface area (Å²) in [5.41, 5.74) is 0.227. The molecule has 1 heterocycles. The van der Waals surface area contributed by atoms with E-state index in [1.807, 2.05) is 26.0 Å². The van der Waals surface area contributed by atoms with E-state index in [2.05, 4.69) is 24.5 Å². The molecule has 0 unspecified atom stereocenters. The quantitative estimate of drug-likeness (QED) is 0.414. The Balaban J connectivity index is 1.89. The molecule has 1 aliphatic rings. The number of nitrogens with one attached hydrogen (secondary N) is 2. The lowest BCUT2D eigenvalue weighted by Gasteiger charge is -2.34. The first-order valence-corrected chi connectivity index (χ1v) is 15.5. The number of carbonyl (C=O) groups excluding carboxylic acids is 4. The molecule has 0 bridgehead atoms. The number of carbonyl (C=O) groups is 4. The smallest absolute Gasteiger partial charge is 0.255 e. The molecule has 0 aliphatic carbocycles. The highest BCUT2D eigenvalue weighted by molar-refractivity contribution is 6.01. The Hall–Kier alpha value is -4.28. The van der Waals surface area contributed by atoms with Gasteiger partial charge in [0.25, 0.3) is 5.91 Å². The monoisotopic (exact) mass is 624 g/mol. The molecule has 0 saturated carbocycles. The largest absolute Gasteiger partial charge is 0.493 e. The van der Waals surface area contributed by atoms with Crippen molar-refractivity contribution < 1.29 is 33.4 Å². The molecule has 2 aromatic rings. The number of methoxy groups -OCH3 is 1. The Morgan fingerprint density at radius 1 is 0.978 bits per heavy atom. The third kappa shape index (κ3) is 10.1. The van der Waals surface area contributed by atoms with Gasteiger partial charge in [0, 0.05) is 14.1 Å². The van der Waals surface area contributed by atoms with Crippen molar-refractivity contribution in [2.24, 2.45) is 11.8 Å². The summed E-state index contributed by atoms with van der Waals surface area (Å²) in [6.45, 7) is 8.58. The van der Waals surface area contributed by atoms with Gasteiger partial charge in [-0.05, 0) is 48.9 Å². The van der Waals surface area contributed by atoms with Crippen LogP contribution in [0.2, 0.25) is 0 Å². The van der Waals surface area contributed by atoms with Crippen molar-refractivity contribution in [2.75, 3.05) is 41.0 Å². The van der Waals surface area contributed by atoms with Crippen LogP contribution in [0.25, 0.3) is 0 Å². The molecule has 1 aliphatic heterocycles. The average molecular weight is 625 g/mol. The van der Waals surface area contributed by atoms with Crippen LogP contribution in [0.15, 0.2) is 48.5 Å². The molecule has 0 spiro atoms. The molecule has 3 atom stereocenters. The first kappa shape index (κ1) is 35.2. The summed E-state index contributed by atoms with van der Waals surface area (Å²) in [7, 11) is 4.84. The Labute approximate surface area is 266 Å². The van der Waals surface area contributed by atoms with E-state index in [0.29, 0.717) is 30.1 Å². The van der Waals surface area contributed by atoms with Crippen molar-refractivity contribution in [3.63, 3.8) is 0 Å². The van der Waals surface area contributed by atoms with Crippen molar-refractivity contribution in [1.29, 1.82) is 0 Å². The summed E-state index contributed by atoms with van der Waals surface area (Å²) in [6.07, 6.45) is 0.729. The van der Waals surface area contributed by atoms with Gasteiger partial charge >= 0.3 is 0 Å². The number of ether oxygens (including phenoxy) is 3. The van der Waals surface area contributed by atoms with E-state index >= 15 is 0 Å². The van der Waals surface area contributed by atoms with Crippen LogP contribution >= 0.6 is 0 Å². The fourth-order valence-electron chi connectivity index (χ4n) is 5.25. The van der Waals surface area contributed by atoms with Gasteiger partial charge in [0.05, 0.1) is 31.7 Å². The maximum atomic E-state index is 13.8. The number of hydrogen-bond donors (Lipinski definition) is 2. The van der Waals surface area contributed by atoms with Gasteiger partial charge in [0.2, 0.25) is 17.7 Å². The molecule has 11 nitrogen and oxygen atoms in total. The Bertz CT molecular complexity index is 1310. The predicted molar refractivity (Wildman–Crippen MR) is 171 cm³/mol. The predicted octanol–water partition coefficient (Wildman–Crippen LogP) is 3.52. The lowest BCUT2D eigenvalue weighted by molar-refractivity contribution is -0.139. The zero-order valence-electron chi connectivity index (χ0n) is 27.5. The zero-order chi connectivity index (χ0) is 33.1. The summed E-state index contributed by atoms with van der Waals surface area (Å²) in [4.78, 5) is 57.5. The Morgan fingerprint density at radius 2 is 1.62 bits per heavy atom. The number of rotatable bonds is 10. The third-order valence-electron chi connectivity index (χ3n) is 7.66. The number of fused-ring (bicyclic) bond motifs is 1. The van der Waals surface area contributed by atoms with Crippen LogP contribution in [-0.4, -0.2) is 92.5 Å². The summed E-state index contributed by atoms with van der Waals surface area (Å²) in [5.74, 6) is 0.0478. The first-order valence-electron chi connectivity index (χ1n) is 15.5. The maximum absolute atomic E-state index is 13.8. The van der Waals surface area contributed by atoms with E-state index < -0.39 is 29.8 Å². The van der Waals surface area contributed by atoms with E-state index in [-0.39, 0.29) is 55.5 Å². The van der Waals surface area contributed by atoms with Crippen molar-refractivity contribution in [2.45, 2.75) is 65.1 Å². The van der Waals surface area contributed by atoms with Crippen LogP contribution in [0.4, 0.5) is 0 Å². The normalized spacial score (nSPS) is 19.6. The number of amides is 4. The van der Waals surface area contributed by atoms with Crippen molar-refractivity contribution in [3.8, 4) is 17.2 Å². The van der Waals surface area contributed by atoms with Gasteiger partial charge in [-0.15, -0.1) is 0 Å². The lowest BCUT2D eigenvalue weighted by Crippen LogP contribution is -2.55. The summed E-state index contributed by atoms with van der Waals surface area (Å²) >= 11 is 0. The van der Waals surface area contributed by atoms with Crippen LogP contribution in [0.1, 0.15) is 57.3 Å². The molecule has 0 fully saturated rings. The molecular formula is C34H48N4O7. The van der Waals surface area contributed by atoms with Crippen LogP contribution in [0, 0.1) is 11.8 Å². The van der Waals surface area contributed by atoms with E-state index in [0.717, 1.165) is 0 Å². The van der Waals surface area contributed by atoms with Gasteiger partial charge in [-0.25, -0.2) is 0 Å². The minimum atomic E-state index is -1.20. The van der Waals surface area contributed by atoms with E-state index in [1.165, 1.54) is 4.90 Å². The maximum Gasteiger partial charge on any atom is 0.255 e. The van der Waals surface area contributed by atoms with Gasteiger partial charge in [-0.1, -0.05) is 52.0 Å². The third-order valence-corrected chi connectivity index (χ3v) is 7.66. The van der Waals surface area contributed by atoms with E-state index in [4.69, 9.17) is 14.2 Å². The summed E-state index contributed by atoms with van der Waals surface area (Å²) in [6, 6.07) is 11.6. The summed E-state index contributed by atoms with van der Waals surface area (Å²) in [5, 5.41) is 5.62. The van der Waals surface area contributed by atoms with Gasteiger partial charge in [0.15, 0.2) is 11.5 Å². The Morgan fingerprint density at radius 3 is 2.29 bits per heavy atom. The molecule has 3 rings (SSSR count). The zero-order valence-corrected chi connectivity index (χ0v) is 27.5. The second kappa shape index (κ2) is 16.7. The van der Waals surface area contributed by atoms with Gasteiger partial charge in [-0.2, -0.15) is 0 Å². The Kier molecular flexibility index (Phi) is 13.1. The average Bonchev–Trinajstić information content (AvgIpc) is 3.00. The number of para-hydroxylation sites is 3. The number of benzene rings is 2. The molecule has 2 N–H and O–H groups in total. The van der Waals surface area contributed by atoms with Gasteiger partial charge in [-0.3, -0.25) is 19.2 Å². The van der Waals surface area contributed by atoms with Gasteiger partial charge < -0.3 is 34.6 Å². The van der Waals surface area contributed by atoms with Crippen LogP contribution < -0.4 is 24.8 Å². The first-order chi connectivity index (χ1) is 21.4. The number of hydrogen-bond acceptors (Lipinski definition) is 7. The topological polar surface area (TPSA) is 127 Å². The highest BCUT2D eigenvalue weighted by atomic mass is 16.5. The fraction of sp³-hybridized carbons (Fsp3) is 0.529. The molecule has 0 radical (unpaired) electrons. The second-order valence-corrected chi connectivity index (χ2v) is 12.3. The van der Waals surface area contributed by atoms with E-state index in [9.17, 15) is 19.2 Å². The molecule has 11 heteroatoms. The molecule has 0 aromatic heterocycles. The molecule has 45 heavy (non-hydrogen) atoms. The SMILES string of the molecule is COc1ccccc1OCCN(C)C(=O)[C@@H]1CC(=O)N[C@@H](CC(C)C)C(=O)N(C)[C@H](CC(C)C)COc2ccccc2C(=O)N1. The highest BCUT2D eigenvalue weighted by Gasteiger charge is 2.33. The molecule has 246 valence electrons. The lowest BCUT2D eigenvalue weighted by atomic mass is 9.99. The summed E-state index contributed by atoms with van der Waals surface area (Å²) < 4.78 is 17.3. The van der Waals surface area contributed by atoms with E-state index in [1.54, 1.807) is 62.5 Å². The van der Waals surface area contributed by atoms with Crippen LogP contribution in [0.3, 0.4) is 0 Å². The molecule has 2 aromatic carbocycles. The number of likely N-dealkylation sites (N-methyl/N-ethyl adjacent to an activating group) is 2. The second-order valence-electron chi connectivity index (χ2n) is 12.3. The van der Waals surface area contributed by atoms with Gasteiger partial charge in [0.1, 0.15) is 31.0 Å². The molecule has 4 amide bonds.